The summed E-state index contributed by atoms with van der Waals surface area (Å²) < 4.78 is 81.1. The summed E-state index contributed by atoms with van der Waals surface area (Å²) in [5.41, 5.74) is -2.13. The number of alkyl halides is 3. The van der Waals surface area contributed by atoms with Gasteiger partial charge >= 0.3 is 21.4 Å². The molecular weight excluding hydrogens is 404 g/mol. The van der Waals surface area contributed by atoms with E-state index in [4.69, 9.17) is 0 Å². The Morgan fingerprint density at radius 3 is 2.18 bits per heavy atom. The van der Waals surface area contributed by atoms with E-state index in [1.54, 1.807) is 6.07 Å². The van der Waals surface area contributed by atoms with Crippen molar-refractivity contribution in [3.8, 4) is 11.3 Å². The van der Waals surface area contributed by atoms with Crippen molar-refractivity contribution in [3.05, 3.63) is 77.7 Å². The molecule has 11 heteroatoms. The fraction of sp³-hybridized carbons (Fsp3) is 0.0588. The highest BCUT2D eigenvalue weighted by molar-refractivity contribution is 8.02. The monoisotopic (exact) mass is 414 g/mol. The molecule has 0 fully saturated rings. The Labute approximate surface area is 156 Å². The van der Waals surface area contributed by atoms with Gasteiger partial charge in [-0.15, -0.1) is 5.10 Å². The van der Waals surface area contributed by atoms with E-state index in [0.717, 1.165) is 24.3 Å². The first-order valence-electron chi connectivity index (χ1n) is 7.55. The topological polar surface area (TPSA) is 78.3 Å². The molecule has 0 unspecified atom stereocenters. The Hall–Kier alpha value is -3.21. The minimum Gasteiger partial charge on any atom is -0.272 e. The predicted octanol–water partition coefficient (Wildman–Crippen LogP) is 3.31. The lowest BCUT2D eigenvalue weighted by Crippen LogP contribution is -2.29. The summed E-state index contributed by atoms with van der Waals surface area (Å²) in [7, 11) is -5.02. The molecule has 1 heterocycles. The third-order valence-corrected chi connectivity index (χ3v) is 4.54. The van der Waals surface area contributed by atoms with Crippen LogP contribution in [0.1, 0.15) is 16.1 Å². The number of rotatable bonds is 4. The molecule has 0 saturated heterocycles. The molecule has 3 aromatic rings. The van der Waals surface area contributed by atoms with Crippen LogP contribution in [0.4, 0.5) is 17.6 Å². The van der Waals surface area contributed by atoms with Gasteiger partial charge in [0, 0.05) is 17.2 Å². The number of nitrogens with zero attached hydrogens (tertiary/aromatic N) is 2. The van der Waals surface area contributed by atoms with Crippen LogP contribution >= 0.6 is 0 Å². The van der Waals surface area contributed by atoms with Crippen LogP contribution in [0.2, 0.25) is 0 Å². The van der Waals surface area contributed by atoms with E-state index in [2.05, 4.69) is 9.38 Å². The molecule has 0 atom stereocenters. The zero-order valence-corrected chi connectivity index (χ0v) is 14.5. The summed E-state index contributed by atoms with van der Waals surface area (Å²) in [6, 6.07) is 11.4. The normalized spacial score (nSPS) is 12.0. The molecule has 0 radical (unpaired) electrons. The average Bonchev–Trinajstić information content (AvgIpc) is 3.06. The van der Waals surface area contributed by atoms with Crippen molar-refractivity contribution in [1.29, 1.82) is 0 Å². The molecule has 146 valence electrons. The minimum atomic E-state index is -5.02. The molecule has 2 aromatic carbocycles. The Bertz CT molecular complexity index is 1110. The van der Waals surface area contributed by atoms with Crippen molar-refractivity contribution in [2.24, 2.45) is 0 Å². The zero-order chi connectivity index (χ0) is 20.5. The van der Waals surface area contributed by atoms with E-state index in [1.807, 2.05) is 0 Å². The summed E-state index contributed by atoms with van der Waals surface area (Å²) in [5.74, 6) is -0.654. The van der Waals surface area contributed by atoms with Crippen molar-refractivity contribution in [1.82, 2.24) is 9.94 Å². The van der Waals surface area contributed by atoms with Crippen LogP contribution in [-0.4, -0.2) is 23.5 Å². The van der Waals surface area contributed by atoms with E-state index >= 15 is 0 Å². The predicted molar refractivity (Wildman–Crippen MR) is 88.9 cm³/mol. The molecule has 0 saturated carbocycles. The third-order valence-electron chi connectivity index (χ3n) is 3.51. The molecule has 0 bridgehead atoms. The molecule has 6 nitrogen and oxygen atoms in total. The van der Waals surface area contributed by atoms with Crippen LogP contribution in [0.15, 0.2) is 60.7 Å². The molecule has 0 spiro atoms. The van der Waals surface area contributed by atoms with Crippen LogP contribution in [0.5, 0.6) is 0 Å². The summed E-state index contributed by atoms with van der Waals surface area (Å²) >= 11 is 0. The van der Waals surface area contributed by atoms with Crippen LogP contribution in [0.3, 0.4) is 0 Å². The summed E-state index contributed by atoms with van der Waals surface area (Å²) in [6.07, 6.45) is -4.91. The van der Waals surface area contributed by atoms with Gasteiger partial charge in [-0.1, -0.05) is 35.2 Å². The van der Waals surface area contributed by atoms with Gasteiger partial charge in [-0.05, 0) is 24.3 Å². The minimum absolute atomic E-state index is 0.00763. The van der Waals surface area contributed by atoms with Crippen LogP contribution in [-0.2, 0) is 16.3 Å². The van der Waals surface area contributed by atoms with E-state index in [9.17, 15) is 30.8 Å². The fourth-order valence-electron chi connectivity index (χ4n) is 2.22. The molecule has 0 N–H and O–H groups in total. The first-order chi connectivity index (χ1) is 13.1. The maximum Gasteiger partial charge on any atom is 0.435 e. The summed E-state index contributed by atoms with van der Waals surface area (Å²) in [4.78, 5) is 12.2. The van der Waals surface area contributed by atoms with Gasteiger partial charge in [-0.3, -0.25) is 9.08 Å². The second-order valence-corrected chi connectivity index (χ2v) is 6.90. The lowest BCUT2D eigenvalue weighted by molar-refractivity contribution is -0.142. The van der Waals surface area contributed by atoms with Gasteiger partial charge in [0.1, 0.15) is 11.5 Å². The van der Waals surface area contributed by atoms with Gasteiger partial charge in [0.05, 0.1) is 0 Å². The quantitative estimate of drug-likeness (QED) is 0.612. The maximum absolute atomic E-state index is 13.1. The third kappa shape index (κ3) is 4.03. The average molecular weight is 414 g/mol. The number of benzene rings is 2. The van der Waals surface area contributed by atoms with Gasteiger partial charge < -0.3 is 0 Å². The van der Waals surface area contributed by atoms with Crippen molar-refractivity contribution < 1.29 is 35.1 Å². The standard InChI is InChI=1S/C17H10F4N2O4S/c18-13-8-6-11(7-9-13)14-10-15(17(19,20)21)22-23(14)27-28(25,26)16(24)12-4-2-1-3-5-12/h1-10H. The van der Waals surface area contributed by atoms with E-state index < -0.39 is 38.6 Å². The number of hydrogen-bond acceptors (Lipinski definition) is 5. The van der Waals surface area contributed by atoms with Gasteiger partial charge in [-0.25, -0.2) is 4.39 Å². The maximum atomic E-state index is 13.1. The highest BCUT2D eigenvalue weighted by atomic mass is 32.2. The first kappa shape index (κ1) is 19.5. The van der Waals surface area contributed by atoms with Crippen molar-refractivity contribution in [2.45, 2.75) is 6.18 Å². The lowest BCUT2D eigenvalue weighted by Gasteiger charge is -2.08. The Morgan fingerprint density at radius 2 is 1.61 bits per heavy atom. The Balaban J connectivity index is 2.04. The number of hydrogen-bond donors (Lipinski definition) is 0. The molecule has 0 aliphatic rings. The Morgan fingerprint density at radius 1 is 1.00 bits per heavy atom. The number of carbonyl (C=O) groups excluding carboxylic acids is 1. The Kier molecular flexibility index (Phi) is 4.94. The number of aromatic nitrogens is 2. The summed E-state index contributed by atoms with van der Waals surface area (Å²) in [5, 5.41) is 1.63. The van der Waals surface area contributed by atoms with Crippen molar-refractivity contribution >= 4 is 15.2 Å². The molecular formula is C17H10F4N2O4S. The molecule has 1 aromatic heterocycles. The molecule has 0 aliphatic heterocycles. The molecule has 28 heavy (non-hydrogen) atoms. The van der Waals surface area contributed by atoms with Crippen molar-refractivity contribution in [3.63, 3.8) is 0 Å². The lowest BCUT2D eigenvalue weighted by atomic mass is 10.1. The second-order valence-electron chi connectivity index (χ2n) is 5.47. The zero-order valence-electron chi connectivity index (χ0n) is 13.7. The fourth-order valence-corrected chi connectivity index (χ4v) is 3.01. The summed E-state index contributed by atoms with van der Waals surface area (Å²) in [6.45, 7) is 0. The number of carbonyl (C=O) groups is 1. The van der Waals surface area contributed by atoms with E-state index in [1.165, 1.54) is 24.3 Å². The molecule has 0 aliphatic carbocycles. The van der Waals surface area contributed by atoms with Crippen LogP contribution in [0, 0.1) is 5.82 Å². The van der Waals surface area contributed by atoms with Crippen molar-refractivity contribution in [2.75, 3.05) is 0 Å². The smallest absolute Gasteiger partial charge is 0.272 e. The van der Waals surface area contributed by atoms with Gasteiger partial charge in [-0.2, -0.15) is 21.6 Å². The van der Waals surface area contributed by atoms with E-state index in [0.29, 0.717) is 6.07 Å². The largest absolute Gasteiger partial charge is 0.435 e. The first-order valence-corrected chi connectivity index (χ1v) is 8.96. The highest BCUT2D eigenvalue weighted by Crippen LogP contribution is 2.31. The van der Waals surface area contributed by atoms with Crippen LogP contribution in [0.25, 0.3) is 11.3 Å². The highest BCUT2D eigenvalue weighted by Gasteiger charge is 2.37. The van der Waals surface area contributed by atoms with Crippen LogP contribution < -0.4 is 4.28 Å². The second kappa shape index (κ2) is 7.08. The van der Waals surface area contributed by atoms with Gasteiger partial charge in [0.15, 0.2) is 5.69 Å². The van der Waals surface area contributed by atoms with E-state index in [-0.39, 0.29) is 16.0 Å². The van der Waals surface area contributed by atoms with Gasteiger partial charge in [0.25, 0.3) is 0 Å². The number of halogens is 4. The molecule has 0 amide bonds. The molecule has 3 rings (SSSR count). The SMILES string of the molecule is O=C(c1ccccc1)S(=O)(=O)On1nc(C(F)(F)F)cc1-c1ccc(F)cc1. The van der Waals surface area contributed by atoms with Gasteiger partial charge in [0.2, 0.25) is 0 Å².